The van der Waals surface area contributed by atoms with E-state index in [2.05, 4.69) is 5.10 Å². The van der Waals surface area contributed by atoms with Crippen molar-refractivity contribution >= 4 is 11.5 Å². The Kier molecular flexibility index (Phi) is 2.17. The van der Waals surface area contributed by atoms with Crippen LogP contribution in [0.3, 0.4) is 0 Å². The summed E-state index contributed by atoms with van der Waals surface area (Å²) in [5.41, 5.74) is 7.72. The van der Waals surface area contributed by atoms with Crippen LogP contribution in [0.15, 0.2) is 24.4 Å². The molecule has 0 spiro atoms. The first-order valence-corrected chi connectivity index (χ1v) is 4.53. The summed E-state index contributed by atoms with van der Waals surface area (Å²) in [6.07, 6.45) is 1.76. The van der Waals surface area contributed by atoms with Crippen molar-refractivity contribution in [2.75, 3.05) is 0 Å². The van der Waals surface area contributed by atoms with E-state index in [1.54, 1.807) is 22.8 Å². The summed E-state index contributed by atoms with van der Waals surface area (Å²) in [6, 6.07) is 4.25. The number of nitrogens with zero attached hydrogens (tertiary/aromatic N) is 2. The molecule has 0 amide bonds. The van der Waals surface area contributed by atoms with Crippen LogP contribution in [-0.4, -0.2) is 20.7 Å². The Morgan fingerprint density at radius 2 is 2.40 bits per heavy atom. The van der Waals surface area contributed by atoms with Gasteiger partial charge in [-0.2, -0.15) is 5.10 Å². The Morgan fingerprint density at radius 1 is 1.67 bits per heavy atom. The molecule has 15 heavy (non-hydrogen) atoms. The number of fused-ring (bicyclic) bond motifs is 1. The van der Waals surface area contributed by atoms with Gasteiger partial charge in [0, 0.05) is 11.8 Å². The van der Waals surface area contributed by atoms with E-state index in [0.717, 1.165) is 11.2 Å². The summed E-state index contributed by atoms with van der Waals surface area (Å²) >= 11 is 0. The molecule has 0 aliphatic heterocycles. The molecule has 5 heteroatoms. The zero-order valence-corrected chi connectivity index (χ0v) is 8.21. The quantitative estimate of drug-likeness (QED) is 0.757. The Morgan fingerprint density at radius 3 is 3.07 bits per heavy atom. The molecule has 1 unspecified atom stereocenters. The van der Waals surface area contributed by atoms with E-state index in [1.807, 2.05) is 13.0 Å². The molecule has 0 bridgehead atoms. The molecule has 0 aliphatic carbocycles. The topological polar surface area (TPSA) is 80.6 Å². The first kappa shape index (κ1) is 9.67. The van der Waals surface area contributed by atoms with E-state index < -0.39 is 12.0 Å². The minimum Gasteiger partial charge on any atom is -0.480 e. The number of carbonyl (C=O) groups is 1. The number of aliphatic carboxylic acids is 1. The molecule has 2 aromatic rings. The van der Waals surface area contributed by atoms with E-state index in [9.17, 15) is 4.79 Å². The van der Waals surface area contributed by atoms with Crippen molar-refractivity contribution in [1.82, 2.24) is 9.61 Å². The van der Waals surface area contributed by atoms with Gasteiger partial charge in [-0.15, -0.1) is 0 Å². The van der Waals surface area contributed by atoms with Gasteiger partial charge in [-0.3, -0.25) is 4.79 Å². The monoisotopic (exact) mass is 205 g/mol. The number of hydrogen-bond acceptors (Lipinski definition) is 3. The van der Waals surface area contributed by atoms with Crippen LogP contribution in [0.4, 0.5) is 0 Å². The number of pyridine rings is 1. The third-order valence-electron chi connectivity index (χ3n) is 2.26. The maximum atomic E-state index is 10.8. The minimum absolute atomic E-state index is 0.575. The van der Waals surface area contributed by atoms with Crippen molar-refractivity contribution in [3.05, 3.63) is 35.7 Å². The second-order valence-corrected chi connectivity index (χ2v) is 3.39. The van der Waals surface area contributed by atoms with Gasteiger partial charge in [0.05, 0.1) is 11.2 Å². The lowest BCUT2D eigenvalue weighted by Crippen LogP contribution is -2.21. The Labute approximate surface area is 86.1 Å². The highest BCUT2D eigenvalue weighted by Gasteiger charge is 2.17. The van der Waals surface area contributed by atoms with Gasteiger partial charge in [-0.1, -0.05) is 6.07 Å². The van der Waals surface area contributed by atoms with Crippen LogP contribution in [0.5, 0.6) is 0 Å². The molecule has 0 saturated carbocycles. The first-order chi connectivity index (χ1) is 7.09. The van der Waals surface area contributed by atoms with Crippen LogP contribution < -0.4 is 5.73 Å². The standard InChI is InChI=1S/C10H11N3O2/c1-6-5-8-7(9(11)10(14)15)3-2-4-13(8)12-6/h2-5,9H,11H2,1H3,(H,14,15). The highest BCUT2D eigenvalue weighted by molar-refractivity contribution is 5.78. The normalized spacial score (nSPS) is 12.9. The number of hydrogen-bond donors (Lipinski definition) is 2. The van der Waals surface area contributed by atoms with E-state index in [0.29, 0.717) is 5.56 Å². The molecule has 5 nitrogen and oxygen atoms in total. The van der Waals surface area contributed by atoms with Gasteiger partial charge in [-0.25, -0.2) is 4.52 Å². The van der Waals surface area contributed by atoms with Gasteiger partial charge < -0.3 is 10.8 Å². The maximum Gasteiger partial charge on any atom is 0.325 e. The predicted molar refractivity (Wildman–Crippen MR) is 54.5 cm³/mol. The SMILES string of the molecule is Cc1cc2c(C(N)C(=O)O)cccn2n1. The molecule has 0 fully saturated rings. The zero-order valence-electron chi connectivity index (χ0n) is 8.21. The van der Waals surface area contributed by atoms with Crippen molar-refractivity contribution in [3.63, 3.8) is 0 Å². The lowest BCUT2D eigenvalue weighted by Gasteiger charge is -2.07. The van der Waals surface area contributed by atoms with Gasteiger partial charge in [0.25, 0.3) is 0 Å². The van der Waals surface area contributed by atoms with Crippen LogP contribution in [0, 0.1) is 6.92 Å². The zero-order chi connectivity index (χ0) is 11.0. The summed E-state index contributed by atoms with van der Waals surface area (Å²) in [7, 11) is 0. The number of carboxylic acids is 1. The molecule has 0 aromatic carbocycles. The maximum absolute atomic E-state index is 10.8. The fourth-order valence-corrected chi connectivity index (χ4v) is 1.56. The highest BCUT2D eigenvalue weighted by atomic mass is 16.4. The molecule has 78 valence electrons. The van der Waals surface area contributed by atoms with Crippen LogP contribution in [0.1, 0.15) is 17.3 Å². The second-order valence-electron chi connectivity index (χ2n) is 3.39. The van der Waals surface area contributed by atoms with Gasteiger partial charge in [-0.05, 0) is 19.1 Å². The van der Waals surface area contributed by atoms with Crippen LogP contribution in [0.2, 0.25) is 0 Å². The second kappa shape index (κ2) is 3.36. The largest absolute Gasteiger partial charge is 0.480 e. The number of rotatable bonds is 2. The molecule has 3 N–H and O–H groups in total. The lowest BCUT2D eigenvalue weighted by molar-refractivity contribution is -0.138. The molecule has 2 heterocycles. The molecular formula is C10H11N3O2. The predicted octanol–water partition coefficient (Wildman–Crippen LogP) is 0.727. The van der Waals surface area contributed by atoms with E-state index in [4.69, 9.17) is 10.8 Å². The van der Waals surface area contributed by atoms with Gasteiger partial charge in [0.2, 0.25) is 0 Å². The molecule has 0 radical (unpaired) electrons. The Balaban J connectivity index is 2.64. The smallest absolute Gasteiger partial charge is 0.325 e. The van der Waals surface area contributed by atoms with Crippen LogP contribution in [0.25, 0.3) is 5.52 Å². The summed E-state index contributed by atoms with van der Waals surface area (Å²) in [6.45, 7) is 1.85. The van der Waals surface area contributed by atoms with Crippen molar-refractivity contribution in [2.45, 2.75) is 13.0 Å². The highest BCUT2D eigenvalue weighted by Crippen LogP contribution is 2.18. The van der Waals surface area contributed by atoms with Crippen LogP contribution >= 0.6 is 0 Å². The van der Waals surface area contributed by atoms with Gasteiger partial charge >= 0.3 is 5.97 Å². The molecule has 1 atom stereocenters. The van der Waals surface area contributed by atoms with Crippen molar-refractivity contribution in [3.8, 4) is 0 Å². The number of aryl methyl sites for hydroxylation is 1. The van der Waals surface area contributed by atoms with Gasteiger partial charge in [0.15, 0.2) is 0 Å². The average Bonchev–Trinajstić information content (AvgIpc) is 2.56. The fraction of sp³-hybridized carbons (Fsp3) is 0.200. The molecule has 2 rings (SSSR count). The Hall–Kier alpha value is -1.88. The summed E-state index contributed by atoms with van der Waals surface area (Å²) in [4.78, 5) is 10.8. The first-order valence-electron chi connectivity index (χ1n) is 4.53. The van der Waals surface area contributed by atoms with Crippen molar-refractivity contribution in [2.24, 2.45) is 5.73 Å². The van der Waals surface area contributed by atoms with E-state index in [-0.39, 0.29) is 0 Å². The summed E-state index contributed by atoms with van der Waals surface area (Å²) in [5, 5.41) is 13.0. The average molecular weight is 205 g/mol. The van der Waals surface area contributed by atoms with Crippen molar-refractivity contribution in [1.29, 1.82) is 0 Å². The van der Waals surface area contributed by atoms with Crippen molar-refractivity contribution < 1.29 is 9.90 Å². The van der Waals surface area contributed by atoms with Gasteiger partial charge in [0.1, 0.15) is 6.04 Å². The lowest BCUT2D eigenvalue weighted by atomic mass is 10.1. The van der Waals surface area contributed by atoms with Crippen LogP contribution in [-0.2, 0) is 4.79 Å². The number of nitrogens with two attached hydrogens (primary N) is 1. The molecule has 0 aliphatic rings. The Bertz CT molecular complexity index is 518. The minimum atomic E-state index is -1.04. The number of carboxylic acid groups (broad SMARTS) is 1. The fourth-order valence-electron chi connectivity index (χ4n) is 1.56. The summed E-state index contributed by atoms with van der Waals surface area (Å²) < 4.78 is 1.63. The van der Waals surface area contributed by atoms with E-state index in [1.165, 1.54) is 0 Å². The van der Waals surface area contributed by atoms with E-state index >= 15 is 0 Å². The molecule has 0 saturated heterocycles. The number of aromatic nitrogens is 2. The third kappa shape index (κ3) is 1.57. The molecule has 2 aromatic heterocycles. The summed E-state index contributed by atoms with van der Waals surface area (Å²) in [5.74, 6) is -1.04. The molecular weight excluding hydrogens is 194 g/mol. The third-order valence-corrected chi connectivity index (χ3v) is 2.26.